The van der Waals surface area contributed by atoms with Crippen molar-refractivity contribution in [3.05, 3.63) is 30.1 Å². The third kappa shape index (κ3) is 3.38. The predicted octanol–water partition coefficient (Wildman–Crippen LogP) is -0.268. The first kappa shape index (κ1) is 17.1. The number of nitrogens with zero attached hydrogens (tertiary/aromatic N) is 3. The number of fused-ring (bicyclic) bond motifs is 1. The molecule has 3 amide bonds. The minimum absolute atomic E-state index is 0.00416. The molecular formula is C17H20N4O4. The molecule has 0 spiro atoms. The van der Waals surface area contributed by atoms with E-state index in [0.29, 0.717) is 25.1 Å². The Bertz CT molecular complexity index is 706. The van der Waals surface area contributed by atoms with E-state index < -0.39 is 11.9 Å². The molecule has 132 valence electrons. The van der Waals surface area contributed by atoms with Crippen molar-refractivity contribution < 1.29 is 19.2 Å². The normalized spacial score (nSPS) is 22.2. The minimum Gasteiger partial charge on any atom is -0.370 e. The van der Waals surface area contributed by atoms with Crippen molar-refractivity contribution in [1.29, 1.82) is 0 Å². The molecule has 0 aromatic carbocycles. The van der Waals surface area contributed by atoms with Crippen molar-refractivity contribution in [2.75, 3.05) is 13.1 Å². The van der Waals surface area contributed by atoms with Crippen molar-refractivity contribution in [1.82, 2.24) is 14.8 Å². The molecule has 2 atom stereocenters. The number of ketones is 1. The number of carbonyl (C=O) groups excluding carboxylic acids is 4. The molecule has 2 saturated heterocycles. The van der Waals surface area contributed by atoms with E-state index in [0.717, 1.165) is 0 Å². The molecule has 2 aliphatic rings. The Kier molecular flexibility index (Phi) is 4.78. The summed E-state index contributed by atoms with van der Waals surface area (Å²) in [5.74, 6) is -1.04. The second kappa shape index (κ2) is 7.00. The lowest BCUT2D eigenvalue weighted by molar-refractivity contribution is -0.136. The molecule has 0 bridgehead atoms. The zero-order valence-corrected chi connectivity index (χ0v) is 13.8. The van der Waals surface area contributed by atoms with Gasteiger partial charge in [-0.1, -0.05) is 6.07 Å². The van der Waals surface area contributed by atoms with E-state index in [1.165, 1.54) is 11.1 Å². The molecule has 1 aromatic heterocycles. The third-order valence-corrected chi connectivity index (χ3v) is 4.70. The summed E-state index contributed by atoms with van der Waals surface area (Å²) in [5.41, 5.74) is 5.37. The summed E-state index contributed by atoms with van der Waals surface area (Å²) in [6.45, 7) is 0.429. The van der Waals surface area contributed by atoms with Gasteiger partial charge < -0.3 is 15.5 Å². The number of Topliss-reactive ketones (excluding diaryl/α,β-unsaturated/α-hetero) is 1. The molecular weight excluding hydrogens is 324 g/mol. The quantitative estimate of drug-likeness (QED) is 0.790. The van der Waals surface area contributed by atoms with Gasteiger partial charge in [-0.25, -0.2) is 0 Å². The van der Waals surface area contributed by atoms with E-state index in [-0.39, 0.29) is 43.0 Å². The number of hydrogen-bond donors (Lipinski definition) is 1. The summed E-state index contributed by atoms with van der Waals surface area (Å²) in [4.78, 5) is 55.3. The molecule has 3 rings (SSSR count). The molecule has 2 fully saturated rings. The summed E-state index contributed by atoms with van der Waals surface area (Å²) < 4.78 is 0. The van der Waals surface area contributed by atoms with Crippen LogP contribution in [0.4, 0.5) is 0 Å². The Hall–Kier alpha value is -2.77. The van der Waals surface area contributed by atoms with Gasteiger partial charge in [0.15, 0.2) is 5.78 Å². The van der Waals surface area contributed by atoms with Crippen LogP contribution in [0.3, 0.4) is 0 Å². The lowest BCUT2D eigenvalue weighted by Gasteiger charge is -2.24. The highest BCUT2D eigenvalue weighted by Crippen LogP contribution is 2.31. The van der Waals surface area contributed by atoms with Crippen LogP contribution in [0, 0.1) is 0 Å². The number of pyridine rings is 1. The standard InChI is InChI=1S/C17H20N4O4/c18-14(23)5-3-6-15(24)20-9-7-12-16(20)13(22)10-21(12)17(25)11-4-1-2-8-19-11/h1-2,4,8,12,16H,3,5-7,9-10H2,(H2,18,23). The van der Waals surface area contributed by atoms with Gasteiger partial charge in [0, 0.05) is 25.6 Å². The molecule has 1 aromatic rings. The predicted molar refractivity (Wildman–Crippen MR) is 87.2 cm³/mol. The number of likely N-dealkylation sites (tertiary alicyclic amines) is 2. The average molecular weight is 344 g/mol. The Balaban J connectivity index is 1.68. The maximum absolute atomic E-state index is 12.6. The van der Waals surface area contributed by atoms with Gasteiger partial charge in [-0.05, 0) is 25.0 Å². The van der Waals surface area contributed by atoms with Crippen molar-refractivity contribution in [2.24, 2.45) is 5.73 Å². The molecule has 2 aliphatic heterocycles. The van der Waals surface area contributed by atoms with Gasteiger partial charge >= 0.3 is 0 Å². The van der Waals surface area contributed by atoms with Crippen LogP contribution in [0.15, 0.2) is 24.4 Å². The number of amides is 3. The number of carbonyl (C=O) groups is 4. The SMILES string of the molecule is NC(=O)CCCC(=O)N1CCC2C1C(=O)CN2C(=O)c1ccccn1. The second-order valence-corrected chi connectivity index (χ2v) is 6.32. The zero-order valence-electron chi connectivity index (χ0n) is 13.8. The number of aromatic nitrogens is 1. The van der Waals surface area contributed by atoms with Gasteiger partial charge in [0.1, 0.15) is 11.7 Å². The molecule has 3 heterocycles. The molecule has 25 heavy (non-hydrogen) atoms. The van der Waals surface area contributed by atoms with E-state index in [1.807, 2.05) is 0 Å². The fourth-order valence-corrected chi connectivity index (χ4v) is 3.57. The molecule has 8 nitrogen and oxygen atoms in total. The topological polar surface area (TPSA) is 114 Å². The molecule has 2 N–H and O–H groups in total. The lowest BCUT2D eigenvalue weighted by atomic mass is 10.1. The van der Waals surface area contributed by atoms with Crippen LogP contribution in [0.25, 0.3) is 0 Å². The molecule has 0 saturated carbocycles. The summed E-state index contributed by atoms with van der Waals surface area (Å²) in [6, 6.07) is 4.16. The monoisotopic (exact) mass is 344 g/mol. The minimum atomic E-state index is -0.589. The van der Waals surface area contributed by atoms with Crippen molar-refractivity contribution in [3.63, 3.8) is 0 Å². The number of rotatable bonds is 5. The van der Waals surface area contributed by atoms with Crippen molar-refractivity contribution >= 4 is 23.5 Å². The number of hydrogen-bond acceptors (Lipinski definition) is 5. The first-order valence-electron chi connectivity index (χ1n) is 8.31. The van der Waals surface area contributed by atoms with Gasteiger partial charge in [-0.3, -0.25) is 24.2 Å². The summed E-state index contributed by atoms with van der Waals surface area (Å²) >= 11 is 0. The van der Waals surface area contributed by atoms with Crippen LogP contribution in [-0.4, -0.2) is 63.5 Å². The average Bonchev–Trinajstić information content (AvgIpc) is 3.16. The Morgan fingerprint density at radius 3 is 2.68 bits per heavy atom. The van der Waals surface area contributed by atoms with Gasteiger partial charge in [0.2, 0.25) is 11.8 Å². The van der Waals surface area contributed by atoms with Crippen LogP contribution in [0.2, 0.25) is 0 Å². The van der Waals surface area contributed by atoms with Gasteiger partial charge in [0.05, 0.1) is 12.6 Å². The first-order valence-corrected chi connectivity index (χ1v) is 8.31. The van der Waals surface area contributed by atoms with Crippen molar-refractivity contribution in [3.8, 4) is 0 Å². The maximum Gasteiger partial charge on any atom is 0.273 e. The molecule has 2 unspecified atom stereocenters. The summed E-state index contributed by atoms with van der Waals surface area (Å²) in [6.07, 6.45) is 2.79. The van der Waals surface area contributed by atoms with Crippen LogP contribution in [0.1, 0.15) is 36.2 Å². The highest BCUT2D eigenvalue weighted by atomic mass is 16.2. The van der Waals surface area contributed by atoms with E-state index in [4.69, 9.17) is 5.73 Å². The fraction of sp³-hybridized carbons (Fsp3) is 0.471. The maximum atomic E-state index is 12.6. The van der Waals surface area contributed by atoms with Gasteiger partial charge in [-0.2, -0.15) is 0 Å². The lowest BCUT2D eigenvalue weighted by Crippen LogP contribution is -2.43. The van der Waals surface area contributed by atoms with Crippen LogP contribution < -0.4 is 5.73 Å². The van der Waals surface area contributed by atoms with E-state index >= 15 is 0 Å². The highest BCUT2D eigenvalue weighted by Gasteiger charge is 2.51. The fourth-order valence-electron chi connectivity index (χ4n) is 3.57. The Morgan fingerprint density at radius 2 is 2.00 bits per heavy atom. The largest absolute Gasteiger partial charge is 0.370 e. The number of primary amides is 1. The van der Waals surface area contributed by atoms with Crippen molar-refractivity contribution in [2.45, 2.75) is 37.8 Å². The van der Waals surface area contributed by atoms with E-state index in [2.05, 4.69) is 4.98 Å². The smallest absolute Gasteiger partial charge is 0.273 e. The third-order valence-electron chi connectivity index (χ3n) is 4.70. The van der Waals surface area contributed by atoms with Gasteiger partial charge in [0.25, 0.3) is 5.91 Å². The Morgan fingerprint density at radius 1 is 1.20 bits per heavy atom. The first-order chi connectivity index (χ1) is 12.0. The Labute approximate surface area is 145 Å². The molecule has 0 aliphatic carbocycles. The number of nitrogens with two attached hydrogens (primary N) is 1. The molecule has 8 heteroatoms. The van der Waals surface area contributed by atoms with Gasteiger partial charge in [-0.15, -0.1) is 0 Å². The van der Waals surface area contributed by atoms with E-state index in [9.17, 15) is 19.2 Å². The zero-order chi connectivity index (χ0) is 18.0. The summed E-state index contributed by atoms with van der Waals surface area (Å²) in [5, 5.41) is 0. The second-order valence-electron chi connectivity index (χ2n) is 6.32. The summed E-state index contributed by atoms with van der Waals surface area (Å²) in [7, 11) is 0. The van der Waals surface area contributed by atoms with Crippen LogP contribution in [-0.2, 0) is 14.4 Å². The molecule has 0 radical (unpaired) electrons. The van der Waals surface area contributed by atoms with E-state index in [1.54, 1.807) is 23.1 Å². The van der Waals surface area contributed by atoms with Crippen LogP contribution >= 0.6 is 0 Å². The van der Waals surface area contributed by atoms with Crippen LogP contribution in [0.5, 0.6) is 0 Å². The highest BCUT2D eigenvalue weighted by molar-refractivity contribution is 6.01.